The van der Waals surface area contributed by atoms with Gasteiger partial charge in [-0.2, -0.15) is 0 Å². The zero-order valence-corrected chi connectivity index (χ0v) is 15.1. The van der Waals surface area contributed by atoms with Gasteiger partial charge in [-0.15, -0.1) is 0 Å². The average Bonchev–Trinajstić information content (AvgIpc) is 2.66. The number of rotatable bonds is 6. The van der Waals surface area contributed by atoms with Gasteiger partial charge in [-0.1, -0.05) is 55.8 Å². The van der Waals surface area contributed by atoms with Gasteiger partial charge in [-0.3, -0.25) is 14.5 Å². The molecule has 5 heteroatoms. The third-order valence-electron chi connectivity index (χ3n) is 4.49. The van der Waals surface area contributed by atoms with Crippen LogP contribution in [-0.4, -0.2) is 24.5 Å². The monoisotopic (exact) mass is 352 g/mol. The third-order valence-corrected chi connectivity index (χ3v) is 4.49. The lowest BCUT2D eigenvalue weighted by molar-refractivity contribution is -0.128. The number of hydrogen-bond acceptors (Lipinski definition) is 3. The molecule has 136 valence electrons. The lowest BCUT2D eigenvalue weighted by atomic mass is 10.0. The van der Waals surface area contributed by atoms with Crippen LogP contribution in [0, 0.1) is 0 Å². The Labute approximate surface area is 154 Å². The maximum atomic E-state index is 12.7. The normalized spacial score (nSPS) is 17.2. The van der Waals surface area contributed by atoms with Crippen LogP contribution in [0.5, 0.6) is 5.75 Å². The van der Waals surface area contributed by atoms with Crippen molar-refractivity contribution in [3.63, 3.8) is 0 Å². The number of nitrogens with one attached hydrogen (secondary N) is 1. The number of benzene rings is 2. The molecular formula is C21H24N2O3. The van der Waals surface area contributed by atoms with Gasteiger partial charge in [0, 0.05) is 0 Å². The van der Waals surface area contributed by atoms with E-state index in [9.17, 15) is 9.59 Å². The second-order valence-electron chi connectivity index (χ2n) is 6.47. The van der Waals surface area contributed by atoms with Crippen molar-refractivity contribution in [1.29, 1.82) is 0 Å². The summed E-state index contributed by atoms with van der Waals surface area (Å²) in [5, 5.41) is 3.07. The Morgan fingerprint density at radius 1 is 1.15 bits per heavy atom. The topological polar surface area (TPSA) is 58.6 Å². The average molecular weight is 352 g/mol. The number of fused-ring (bicyclic) bond motifs is 1. The first-order valence-corrected chi connectivity index (χ1v) is 9.01. The zero-order chi connectivity index (χ0) is 18.5. The molecule has 2 aromatic rings. The van der Waals surface area contributed by atoms with E-state index in [2.05, 4.69) is 12.2 Å². The largest absolute Gasteiger partial charge is 0.479 e. The van der Waals surface area contributed by atoms with Crippen molar-refractivity contribution < 1.29 is 14.3 Å². The van der Waals surface area contributed by atoms with E-state index in [1.807, 2.05) is 48.5 Å². The van der Waals surface area contributed by atoms with Crippen molar-refractivity contribution in [3.8, 4) is 5.75 Å². The molecule has 2 unspecified atom stereocenters. The number of hydrogen-bond donors (Lipinski definition) is 1. The van der Waals surface area contributed by atoms with Gasteiger partial charge in [0.2, 0.25) is 5.91 Å². The first-order chi connectivity index (χ1) is 12.6. The molecule has 0 aromatic heterocycles. The minimum atomic E-state index is -0.599. The predicted molar refractivity (Wildman–Crippen MR) is 101 cm³/mol. The van der Waals surface area contributed by atoms with Crippen LogP contribution in [0.25, 0.3) is 0 Å². The van der Waals surface area contributed by atoms with Gasteiger partial charge in [0.05, 0.1) is 11.7 Å². The molecule has 0 bridgehead atoms. The van der Waals surface area contributed by atoms with E-state index in [4.69, 9.17) is 4.74 Å². The van der Waals surface area contributed by atoms with Gasteiger partial charge < -0.3 is 10.1 Å². The fraction of sp³-hybridized carbons (Fsp3) is 0.333. The van der Waals surface area contributed by atoms with Crippen LogP contribution >= 0.6 is 0 Å². The highest BCUT2D eigenvalue weighted by atomic mass is 16.5. The van der Waals surface area contributed by atoms with E-state index >= 15 is 0 Å². The van der Waals surface area contributed by atoms with Crippen molar-refractivity contribution in [1.82, 2.24) is 5.32 Å². The van der Waals surface area contributed by atoms with E-state index in [0.717, 1.165) is 18.4 Å². The van der Waals surface area contributed by atoms with Crippen LogP contribution in [0.15, 0.2) is 54.6 Å². The van der Waals surface area contributed by atoms with Crippen LogP contribution < -0.4 is 15.0 Å². The van der Waals surface area contributed by atoms with Gasteiger partial charge in [0.15, 0.2) is 6.10 Å². The molecule has 0 aliphatic carbocycles. The number of carbonyl (C=O) groups excluding carboxylic acids is 2. The summed E-state index contributed by atoms with van der Waals surface area (Å²) in [6, 6.07) is 17.2. The minimum Gasteiger partial charge on any atom is -0.479 e. The second-order valence-corrected chi connectivity index (χ2v) is 6.47. The highest BCUT2D eigenvalue weighted by molar-refractivity contribution is 6.03. The summed E-state index contributed by atoms with van der Waals surface area (Å²) >= 11 is 0. The molecule has 0 spiro atoms. The van der Waals surface area contributed by atoms with E-state index in [1.54, 1.807) is 13.0 Å². The highest BCUT2D eigenvalue weighted by Crippen LogP contribution is 2.33. The summed E-state index contributed by atoms with van der Waals surface area (Å²) in [5.74, 6) is 0.246. The van der Waals surface area contributed by atoms with Crippen LogP contribution in [0.2, 0.25) is 0 Å². The summed E-state index contributed by atoms with van der Waals surface area (Å²) < 4.78 is 5.62. The molecule has 2 aromatic carbocycles. The summed E-state index contributed by atoms with van der Waals surface area (Å²) in [7, 11) is 0. The molecule has 0 saturated heterocycles. The van der Waals surface area contributed by atoms with Gasteiger partial charge in [0.1, 0.15) is 12.3 Å². The van der Waals surface area contributed by atoms with Gasteiger partial charge in [0.25, 0.3) is 5.91 Å². The lowest BCUT2D eigenvalue weighted by Crippen LogP contribution is -2.49. The Bertz CT molecular complexity index is 776. The molecular weight excluding hydrogens is 328 g/mol. The van der Waals surface area contributed by atoms with E-state index < -0.39 is 6.10 Å². The molecule has 0 saturated carbocycles. The Balaban J connectivity index is 1.75. The van der Waals surface area contributed by atoms with Crippen molar-refractivity contribution in [2.45, 2.75) is 38.8 Å². The van der Waals surface area contributed by atoms with Crippen molar-refractivity contribution >= 4 is 17.5 Å². The second kappa shape index (κ2) is 8.04. The molecule has 0 radical (unpaired) electrons. The molecule has 5 nitrogen and oxygen atoms in total. The Morgan fingerprint density at radius 2 is 1.85 bits per heavy atom. The number of nitrogens with zero attached hydrogens (tertiary/aromatic N) is 1. The highest BCUT2D eigenvalue weighted by Gasteiger charge is 2.32. The lowest BCUT2D eigenvalue weighted by Gasteiger charge is -2.33. The fourth-order valence-corrected chi connectivity index (χ4v) is 3.20. The van der Waals surface area contributed by atoms with E-state index in [1.165, 1.54) is 4.90 Å². The first-order valence-electron chi connectivity index (χ1n) is 9.01. The van der Waals surface area contributed by atoms with E-state index in [-0.39, 0.29) is 24.4 Å². The Morgan fingerprint density at radius 3 is 2.58 bits per heavy atom. The molecule has 2 atom stereocenters. The summed E-state index contributed by atoms with van der Waals surface area (Å²) in [6.45, 7) is 3.77. The van der Waals surface area contributed by atoms with Crippen LogP contribution in [-0.2, 0) is 9.59 Å². The standard InChI is InChI=1S/C21H24N2O3/c1-3-9-17(16-10-5-4-6-11-16)22-20(24)14-23-18-12-7-8-13-19(18)26-15(2)21(23)25/h4-8,10-13,15,17H,3,9,14H2,1-2H3,(H,22,24). The third kappa shape index (κ3) is 3.87. The van der Waals surface area contributed by atoms with Crippen LogP contribution in [0.3, 0.4) is 0 Å². The smallest absolute Gasteiger partial charge is 0.268 e. The zero-order valence-electron chi connectivity index (χ0n) is 15.1. The molecule has 1 N–H and O–H groups in total. The number of para-hydroxylation sites is 2. The number of anilines is 1. The van der Waals surface area contributed by atoms with Crippen LogP contribution in [0.4, 0.5) is 5.69 Å². The predicted octanol–water partition coefficient (Wildman–Crippen LogP) is 3.46. The SMILES string of the molecule is CCCC(NC(=O)CN1C(=O)C(C)Oc2ccccc21)c1ccccc1. The molecule has 1 heterocycles. The quantitative estimate of drug-likeness (QED) is 0.866. The van der Waals surface area contributed by atoms with Crippen molar-refractivity contribution in [2.24, 2.45) is 0 Å². The molecule has 26 heavy (non-hydrogen) atoms. The minimum absolute atomic E-state index is 0.0173. The molecule has 0 fully saturated rings. The molecule has 3 rings (SSSR count). The molecule has 1 aliphatic heterocycles. The van der Waals surface area contributed by atoms with Crippen LogP contribution in [0.1, 0.15) is 38.3 Å². The maximum Gasteiger partial charge on any atom is 0.268 e. The number of ether oxygens (including phenoxy) is 1. The van der Waals surface area contributed by atoms with Gasteiger partial charge in [-0.25, -0.2) is 0 Å². The van der Waals surface area contributed by atoms with Gasteiger partial charge >= 0.3 is 0 Å². The van der Waals surface area contributed by atoms with Crippen molar-refractivity contribution in [2.75, 3.05) is 11.4 Å². The van der Waals surface area contributed by atoms with Crippen molar-refractivity contribution in [3.05, 3.63) is 60.2 Å². The molecule has 1 aliphatic rings. The summed E-state index contributed by atoms with van der Waals surface area (Å²) in [6.07, 6.45) is 1.20. The first kappa shape index (κ1) is 18.0. The van der Waals surface area contributed by atoms with E-state index in [0.29, 0.717) is 11.4 Å². The summed E-state index contributed by atoms with van der Waals surface area (Å²) in [5.41, 5.74) is 1.71. The Kier molecular flexibility index (Phi) is 5.56. The Hall–Kier alpha value is -2.82. The summed E-state index contributed by atoms with van der Waals surface area (Å²) in [4.78, 5) is 26.7. The van der Waals surface area contributed by atoms with Gasteiger partial charge in [-0.05, 0) is 31.0 Å². The number of amides is 2. The molecule has 2 amide bonds. The number of carbonyl (C=O) groups is 2. The maximum absolute atomic E-state index is 12.7. The fourth-order valence-electron chi connectivity index (χ4n) is 3.20.